The highest BCUT2D eigenvalue weighted by Gasteiger charge is 2.07. The van der Waals surface area contributed by atoms with E-state index in [0.29, 0.717) is 5.02 Å². The molecule has 0 saturated carbocycles. The molecule has 0 saturated heterocycles. The van der Waals surface area contributed by atoms with E-state index in [0.717, 1.165) is 11.8 Å². The molecule has 0 N–H and O–H groups in total. The zero-order valence-corrected chi connectivity index (χ0v) is 7.41. The van der Waals surface area contributed by atoms with E-state index < -0.39 is 6.10 Å². The Morgan fingerprint density at radius 1 is 1.58 bits per heavy atom. The molecule has 0 aliphatic heterocycles. The average molecular weight is 185 g/mol. The van der Waals surface area contributed by atoms with Gasteiger partial charge in [-0.05, 0) is 17.7 Å². The summed E-state index contributed by atoms with van der Waals surface area (Å²) in [5.74, 6) is 0. The fourth-order valence-electron chi connectivity index (χ4n) is 0.954. The molecule has 0 aromatic heterocycles. The number of benzene rings is 1. The number of aldehydes is 1. The van der Waals surface area contributed by atoms with Crippen LogP contribution in [0.2, 0.25) is 5.02 Å². The first kappa shape index (κ1) is 9.23. The molecule has 1 aromatic rings. The van der Waals surface area contributed by atoms with Gasteiger partial charge >= 0.3 is 0 Å². The second kappa shape index (κ2) is 4.24. The highest BCUT2D eigenvalue weighted by molar-refractivity contribution is 6.30. The van der Waals surface area contributed by atoms with Crippen molar-refractivity contribution >= 4 is 17.9 Å². The minimum atomic E-state index is -0.510. The van der Waals surface area contributed by atoms with E-state index in [-0.39, 0.29) is 0 Å². The molecule has 12 heavy (non-hydrogen) atoms. The highest BCUT2D eigenvalue weighted by atomic mass is 35.5. The van der Waals surface area contributed by atoms with Gasteiger partial charge in [-0.1, -0.05) is 23.7 Å². The van der Waals surface area contributed by atoms with Crippen LogP contribution in [0.1, 0.15) is 11.7 Å². The van der Waals surface area contributed by atoms with Crippen LogP contribution in [-0.4, -0.2) is 13.4 Å². The zero-order valence-electron chi connectivity index (χ0n) is 6.66. The summed E-state index contributed by atoms with van der Waals surface area (Å²) in [6.07, 6.45) is 0.231. The zero-order chi connectivity index (χ0) is 8.97. The Kier molecular flexibility index (Phi) is 3.26. The molecule has 0 aliphatic carbocycles. The Morgan fingerprint density at radius 2 is 2.33 bits per heavy atom. The monoisotopic (exact) mass is 184 g/mol. The van der Waals surface area contributed by atoms with Crippen molar-refractivity contribution in [1.29, 1.82) is 0 Å². The molecular formula is C9H9ClO2. The Balaban J connectivity index is 2.93. The van der Waals surface area contributed by atoms with Crippen molar-refractivity contribution in [3.05, 3.63) is 34.9 Å². The van der Waals surface area contributed by atoms with Crippen molar-refractivity contribution in [2.75, 3.05) is 7.11 Å². The van der Waals surface area contributed by atoms with Crippen molar-refractivity contribution in [3.8, 4) is 0 Å². The number of methoxy groups -OCH3 is 1. The summed E-state index contributed by atoms with van der Waals surface area (Å²) in [5.41, 5.74) is 0.778. The van der Waals surface area contributed by atoms with Crippen molar-refractivity contribution in [2.24, 2.45) is 0 Å². The maximum absolute atomic E-state index is 10.5. The average Bonchev–Trinajstić information content (AvgIpc) is 2.07. The van der Waals surface area contributed by atoms with Crippen LogP contribution in [0.4, 0.5) is 0 Å². The second-order valence-corrected chi connectivity index (χ2v) is 2.78. The summed E-state index contributed by atoms with van der Waals surface area (Å²) in [5, 5.41) is 0.608. The van der Waals surface area contributed by atoms with Crippen molar-refractivity contribution in [3.63, 3.8) is 0 Å². The van der Waals surface area contributed by atoms with Gasteiger partial charge in [0.25, 0.3) is 0 Å². The molecule has 1 rings (SSSR count). The molecule has 1 aromatic carbocycles. The number of ether oxygens (including phenoxy) is 1. The molecule has 0 bridgehead atoms. The molecule has 64 valence electrons. The third kappa shape index (κ3) is 2.06. The minimum absolute atomic E-state index is 0.510. The van der Waals surface area contributed by atoms with Gasteiger partial charge in [-0.25, -0.2) is 0 Å². The summed E-state index contributed by atoms with van der Waals surface area (Å²) >= 11 is 5.73. The Morgan fingerprint density at radius 3 is 2.83 bits per heavy atom. The molecule has 0 radical (unpaired) electrons. The topological polar surface area (TPSA) is 26.3 Å². The van der Waals surface area contributed by atoms with Crippen LogP contribution in [0.15, 0.2) is 24.3 Å². The molecule has 2 nitrogen and oxygen atoms in total. The predicted octanol–water partition coefficient (Wildman–Crippen LogP) is 2.23. The number of carbonyl (C=O) groups excluding carboxylic acids is 1. The van der Waals surface area contributed by atoms with Gasteiger partial charge < -0.3 is 9.53 Å². The first-order valence-electron chi connectivity index (χ1n) is 3.51. The number of halogens is 1. The van der Waals surface area contributed by atoms with Gasteiger partial charge in [0.1, 0.15) is 6.10 Å². The molecule has 0 spiro atoms. The minimum Gasteiger partial charge on any atom is -0.369 e. The van der Waals surface area contributed by atoms with Gasteiger partial charge in [0.2, 0.25) is 0 Å². The molecule has 1 unspecified atom stereocenters. The molecule has 1 atom stereocenters. The molecule has 0 aliphatic rings. The van der Waals surface area contributed by atoms with Gasteiger partial charge in [-0.2, -0.15) is 0 Å². The lowest BCUT2D eigenvalue weighted by molar-refractivity contribution is -0.116. The van der Waals surface area contributed by atoms with Crippen LogP contribution < -0.4 is 0 Å². The Hall–Kier alpha value is -0.860. The molecule has 3 heteroatoms. The normalized spacial score (nSPS) is 12.5. The van der Waals surface area contributed by atoms with Crippen molar-refractivity contribution < 1.29 is 9.53 Å². The van der Waals surface area contributed by atoms with E-state index in [1.165, 1.54) is 7.11 Å². The molecular weight excluding hydrogens is 176 g/mol. The van der Waals surface area contributed by atoms with Crippen LogP contribution in [0.25, 0.3) is 0 Å². The number of carbonyl (C=O) groups is 1. The van der Waals surface area contributed by atoms with Gasteiger partial charge in [0, 0.05) is 12.1 Å². The SMILES string of the molecule is COC(C=O)c1cccc(Cl)c1. The molecule has 0 amide bonds. The summed E-state index contributed by atoms with van der Waals surface area (Å²) < 4.78 is 4.91. The fourth-order valence-corrected chi connectivity index (χ4v) is 1.15. The predicted molar refractivity (Wildman–Crippen MR) is 47.3 cm³/mol. The van der Waals surface area contributed by atoms with Crippen LogP contribution in [-0.2, 0) is 9.53 Å². The van der Waals surface area contributed by atoms with Crippen LogP contribution in [0.5, 0.6) is 0 Å². The lowest BCUT2D eigenvalue weighted by Gasteiger charge is -2.07. The quantitative estimate of drug-likeness (QED) is 0.674. The largest absolute Gasteiger partial charge is 0.369 e. The van der Waals surface area contributed by atoms with Gasteiger partial charge in [-0.15, -0.1) is 0 Å². The van der Waals surface area contributed by atoms with Crippen molar-refractivity contribution in [2.45, 2.75) is 6.10 Å². The molecule has 0 heterocycles. The maximum atomic E-state index is 10.5. The van der Waals surface area contributed by atoms with Gasteiger partial charge in [0.15, 0.2) is 6.29 Å². The second-order valence-electron chi connectivity index (χ2n) is 2.35. The summed E-state index contributed by atoms with van der Waals surface area (Å²) in [4.78, 5) is 10.5. The third-order valence-corrected chi connectivity index (χ3v) is 1.79. The van der Waals surface area contributed by atoms with Gasteiger partial charge in [0.05, 0.1) is 0 Å². The number of hydrogen-bond donors (Lipinski definition) is 0. The van der Waals surface area contributed by atoms with Crippen LogP contribution >= 0.6 is 11.6 Å². The van der Waals surface area contributed by atoms with E-state index in [4.69, 9.17) is 16.3 Å². The summed E-state index contributed by atoms with van der Waals surface area (Å²) in [6, 6.07) is 7.05. The number of rotatable bonds is 3. The standard InChI is InChI=1S/C9H9ClO2/c1-12-9(6-11)7-3-2-4-8(10)5-7/h2-6,9H,1H3. The van der Waals surface area contributed by atoms with Crippen LogP contribution in [0, 0.1) is 0 Å². The van der Waals surface area contributed by atoms with E-state index in [9.17, 15) is 4.79 Å². The van der Waals surface area contributed by atoms with Crippen LogP contribution in [0.3, 0.4) is 0 Å². The van der Waals surface area contributed by atoms with Gasteiger partial charge in [-0.3, -0.25) is 0 Å². The first-order chi connectivity index (χ1) is 5.77. The Bertz CT molecular complexity index is 273. The lowest BCUT2D eigenvalue weighted by Crippen LogP contribution is -2.01. The first-order valence-corrected chi connectivity index (χ1v) is 3.89. The summed E-state index contributed by atoms with van der Waals surface area (Å²) in [6.45, 7) is 0. The molecule has 0 fully saturated rings. The maximum Gasteiger partial charge on any atom is 0.153 e. The van der Waals surface area contributed by atoms with E-state index in [1.54, 1.807) is 24.3 Å². The smallest absolute Gasteiger partial charge is 0.153 e. The van der Waals surface area contributed by atoms with Crippen molar-refractivity contribution in [1.82, 2.24) is 0 Å². The van der Waals surface area contributed by atoms with E-state index >= 15 is 0 Å². The lowest BCUT2D eigenvalue weighted by atomic mass is 10.1. The summed E-state index contributed by atoms with van der Waals surface area (Å²) in [7, 11) is 1.49. The third-order valence-electron chi connectivity index (χ3n) is 1.55. The van der Waals surface area contributed by atoms with E-state index in [1.807, 2.05) is 0 Å². The highest BCUT2D eigenvalue weighted by Crippen LogP contribution is 2.18. The fraction of sp³-hybridized carbons (Fsp3) is 0.222. The Labute approximate surface area is 76.1 Å². The number of hydrogen-bond acceptors (Lipinski definition) is 2. The van der Waals surface area contributed by atoms with E-state index in [2.05, 4.69) is 0 Å².